The summed E-state index contributed by atoms with van der Waals surface area (Å²) < 4.78 is 5.53. The second-order valence-electron chi connectivity index (χ2n) is 7.96. The molecule has 0 atom stereocenters. The van der Waals surface area contributed by atoms with Crippen LogP contribution in [-0.4, -0.2) is 66.9 Å². The number of hydrogen-bond acceptors (Lipinski definition) is 4. The van der Waals surface area contributed by atoms with Gasteiger partial charge in [0, 0.05) is 55.4 Å². The van der Waals surface area contributed by atoms with Crippen molar-refractivity contribution in [3.63, 3.8) is 0 Å². The lowest BCUT2D eigenvalue weighted by atomic mass is 10.1. The molecule has 0 aliphatic carbocycles. The highest BCUT2D eigenvalue weighted by Crippen LogP contribution is 2.22. The molecule has 0 unspecified atom stereocenters. The van der Waals surface area contributed by atoms with Gasteiger partial charge in [-0.15, -0.1) is 0 Å². The molecule has 2 heterocycles. The maximum absolute atomic E-state index is 12.9. The van der Waals surface area contributed by atoms with Crippen LogP contribution in [0, 0.1) is 0 Å². The number of anilines is 1. The van der Waals surface area contributed by atoms with Crippen LogP contribution >= 0.6 is 11.6 Å². The fourth-order valence-electron chi connectivity index (χ4n) is 3.97. The first-order valence-corrected chi connectivity index (χ1v) is 11.2. The Morgan fingerprint density at radius 3 is 2.16 bits per heavy atom. The Morgan fingerprint density at radius 1 is 0.844 bits per heavy atom. The number of ether oxygens (including phenoxy) is 1. The van der Waals surface area contributed by atoms with Gasteiger partial charge in [0.15, 0.2) is 6.61 Å². The molecular formula is C24H26ClN3O4. The van der Waals surface area contributed by atoms with Gasteiger partial charge in [-0.1, -0.05) is 11.6 Å². The zero-order valence-corrected chi connectivity index (χ0v) is 18.6. The highest BCUT2D eigenvalue weighted by molar-refractivity contribution is 6.30. The van der Waals surface area contributed by atoms with Crippen LogP contribution in [0.3, 0.4) is 0 Å². The molecule has 2 aliphatic rings. The van der Waals surface area contributed by atoms with Gasteiger partial charge in [-0.05, 0) is 61.4 Å². The summed E-state index contributed by atoms with van der Waals surface area (Å²) in [4.78, 5) is 42.7. The summed E-state index contributed by atoms with van der Waals surface area (Å²) in [6, 6.07) is 14.1. The van der Waals surface area contributed by atoms with Crippen LogP contribution in [0.5, 0.6) is 5.75 Å². The van der Waals surface area contributed by atoms with Crippen molar-refractivity contribution >= 4 is 35.0 Å². The number of hydrogen-bond donors (Lipinski definition) is 0. The van der Waals surface area contributed by atoms with Gasteiger partial charge >= 0.3 is 0 Å². The van der Waals surface area contributed by atoms with E-state index in [9.17, 15) is 14.4 Å². The van der Waals surface area contributed by atoms with E-state index in [-0.39, 0.29) is 24.3 Å². The molecule has 2 aromatic carbocycles. The molecule has 0 spiro atoms. The number of benzene rings is 2. The van der Waals surface area contributed by atoms with Gasteiger partial charge in [-0.3, -0.25) is 14.4 Å². The van der Waals surface area contributed by atoms with Gasteiger partial charge in [-0.25, -0.2) is 0 Å². The fraction of sp³-hybridized carbons (Fsp3) is 0.375. The van der Waals surface area contributed by atoms with Gasteiger partial charge < -0.3 is 19.4 Å². The summed E-state index contributed by atoms with van der Waals surface area (Å²) in [7, 11) is 0. The zero-order chi connectivity index (χ0) is 22.5. The predicted molar refractivity (Wildman–Crippen MR) is 122 cm³/mol. The number of rotatable bonds is 5. The van der Waals surface area contributed by atoms with Crippen molar-refractivity contribution in [3.8, 4) is 5.75 Å². The van der Waals surface area contributed by atoms with Crippen LogP contribution in [0.2, 0.25) is 5.02 Å². The standard InChI is InChI=1S/C24H26ClN3O4/c25-19-6-10-21(11-7-19)32-17-23(30)26-13-15-27(16-14-26)24(31)18-4-8-20(9-5-18)28-12-2-1-3-22(28)29/h4-11H,1-3,12-17H2. The van der Waals surface area contributed by atoms with Crippen molar-refractivity contribution in [1.82, 2.24) is 9.80 Å². The van der Waals surface area contributed by atoms with Crippen LogP contribution in [0.4, 0.5) is 5.69 Å². The molecule has 32 heavy (non-hydrogen) atoms. The molecule has 4 rings (SSSR count). The van der Waals surface area contributed by atoms with Crippen LogP contribution in [-0.2, 0) is 9.59 Å². The van der Waals surface area contributed by atoms with E-state index in [1.165, 1.54) is 0 Å². The van der Waals surface area contributed by atoms with E-state index >= 15 is 0 Å². The molecule has 2 aliphatic heterocycles. The molecule has 0 bridgehead atoms. The summed E-state index contributed by atoms with van der Waals surface area (Å²) in [6.07, 6.45) is 2.52. The van der Waals surface area contributed by atoms with Crippen molar-refractivity contribution in [3.05, 3.63) is 59.1 Å². The number of piperazine rings is 1. The lowest BCUT2D eigenvalue weighted by Crippen LogP contribution is -2.51. The molecule has 8 heteroatoms. The molecule has 0 aromatic heterocycles. The van der Waals surface area contributed by atoms with Gasteiger partial charge in [0.2, 0.25) is 5.91 Å². The Kier molecular flexibility index (Phi) is 6.95. The van der Waals surface area contributed by atoms with Crippen molar-refractivity contribution < 1.29 is 19.1 Å². The molecule has 2 saturated heterocycles. The third-order valence-electron chi connectivity index (χ3n) is 5.84. The quantitative estimate of drug-likeness (QED) is 0.694. The number of carbonyl (C=O) groups is 3. The first-order valence-electron chi connectivity index (χ1n) is 10.9. The fourth-order valence-corrected chi connectivity index (χ4v) is 4.10. The first-order chi connectivity index (χ1) is 15.5. The third kappa shape index (κ3) is 5.22. The van der Waals surface area contributed by atoms with Gasteiger partial charge in [0.25, 0.3) is 11.8 Å². The van der Waals surface area contributed by atoms with E-state index in [1.807, 2.05) is 12.1 Å². The smallest absolute Gasteiger partial charge is 0.260 e. The first kappa shape index (κ1) is 22.1. The van der Waals surface area contributed by atoms with Gasteiger partial charge in [0.05, 0.1) is 0 Å². The molecule has 0 saturated carbocycles. The minimum absolute atomic E-state index is 0.0493. The maximum atomic E-state index is 12.9. The number of carbonyl (C=O) groups excluding carboxylic acids is 3. The van der Waals surface area contributed by atoms with Crippen molar-refractivity contribution in [2.75, 3.05) is 44.2 Å². The normalized spacial score (nSPS) is 16.8. The molecule has 168 valence electrons. The largest absolute Gasteiger partial charge is 0.484 e. The molecule has 2 fully saturated rings. The number of halogens is 1. The Bertz CT molecular complexity index is 970. The minimum Gasteiger partial charge on any atom is -0.484 e. The summed E-state index contributed by atoms with van der Waals surface area (Å²) in [5, 5.41) is 0.610. The summed E-state index contributed by atoms with van der Waals surface area (Å²) in [5.41, 5.74) is 1.42. The van der Waals surface area contributed by atoms with Gasteiger partial charge in [0.1, 0.15) is 5.75 Å². The van der Waals surface area contributed by atoms with Crippen LogP contribution in [0.25, 0.3) is 0 Å². The average molecular weight is 456 g/mol. The lowest BCUT2D eigenvalue weighted by Gasteiger charge is -2.34. The summed E-state index contributed by atoms with van der Waals surface area (Å²) in [6.45, 7) is 2.55. The number of nitrogens with zero attached hydrogens (tertiary/aromatic N) is 3. The second-order valence-corrected chi connectivity index (χ2v) is 8.40. The van der Waals surface area contributed by atoms with Crippen molar-refractivity contribution in [2.24, 2.45) is 0 Å². The Labute approximate surface area is 192 Å². The third-order valence-corrected chi connectivity index (χ3v) is 6.10. The van der Waals surface area contributed by atoms with Crippen molar-refractivity contribution in [2.45, 2.75) is 19.3 Å². The highest BCUT2D eigenvalue weighted by atomic mass is 35.5. The van der Waals surface area contributed by atoms with Gasteiger partial charge in [-0.2, -0.15) is 0 Å². The predicted octanol–water partition coefficient (Wildman–Crippen LogP) is 3.22. The SMILES string of the molecule is O=C(COc1ccc(Cl)cc1)N1CCN(C(=O)c2ccc(N3CCCCC3=O)cc2)CC1. The Balaban J connectivity index is 1.27. The van der Waals surface area contributed by atoms with Crippen molar-refractivity contribution in [1.29, 1.82) is 0 Å². The topological polar surface area (TPSA) is 70.2 Å². The molecule has 3 amide bonds. The molecular weight excluding hydrogens is 430 g/mol. The summed E-state index contributed by atoms with van der Waals surface area (Å²) >= 11 is 5.85. The molecule has 2 aromatic rings. The second kappa shape index (κ2) is 10.0. The average Bonchev–Trinajstić information content (AvgIpc) is 2.83. The zero-order valence-electron chi connectivity index (χ0n) is 17.8. The maximum Gasteiger partial charge on any atom is 0.260 e. The summed E-state index contributed by atoms with van der Waals surface area (Å²) in [5.74, 6) is 0.552. The van der Waals surface area contributed by atoms with Crippen LogP contribution < -0.4 is 9.64 Å². The Hall–Kier alpha value is -3.06. The number of amides is 3. The van der Waals surface area contributed by atoms with E-state index in [4.69, 9.17) is 16.3 Å². The monoisotopic (exact) mass is 455 g/mol. The van der Waals surface area contributed by atoms with E-state index in [0.29, 0.717) is 48.9 Å². The molecule has 0 radical (unpaired) electrons. The van der Waals surface area contributed by atoms with E-state index < -0.39 is 0 Å². The minimum atomic E-state index is -0.109. The Morgan fingerprint density at radius 2 is 1.50 bits per heavy atom. The van der Waals surface area contributed by atoms with Crippen LogP contribution in [0.1, 0.15) is 29.6 Å². The molecule has 7 nitrogen and oxygen atoms in total. The molecule has 0 N–H and O–H groups in total. The van der Waals surface area contributed by atoms with E-state index in [2.05, 4.69) is 0 Å². The highest BCUT2D eigenvalue weighted by Gasteiger charge is 2.26. The number of piperidine rings is 1. The van der Waals surface area contributed by atoms with E-state index in [0.717, 1.165) is 25.1 Å². The van der Waals surface area contributed by atoms with E-state index in [1.54, 1.807) is 51.1 Å². The lowest BCUT2D eigenvalue weighted by molar-refractivity contribution is -0.134. The van der Waals surface area contributed by atoms with Crippen LogP contribution in [0.15, 0.2) is 48.5 Å².